The summed E-state index contributed by atoms with van der Waals surface area (Å²) in [6, 6.07) is 10.1. The number of methoxy groups -OCH3 is 1. The molecule has 0 unspecified atom stereocenters. The van der Waals surface area contributed by atoms with Gasteiger partial charge in [-0.25, -0.2) is 9.50 Å². The third kappa shape index (κ3) is 4.14. The number of hydrogen-bond donors (Lipinski definition) is 3. The lowest BCUT2D eigenvalue weighted by Gasteiger charge is -2.29. The second-order valence-electron chi connectivity index (χ2n) is 9.28. The first kappa shape index (κ1) is 22.7. The van der Waals surface area contributed by atoms with Gasteiger partial charge < -0.3 is 25.0 Å². The molecule has 0 atom stereocenters. The normalized spacial score (nSPS) is 16.3. The summed E-state index contributed by atoms with van der Waals surface area (Å²) >= 11 is 0. The van der Waals surface area contributed by atoms with Crippen LogP contribution >= 0.6 is 0 Å². The minimum Gasteiger partial charge on any atom is -0.486 e. The van der Waals surface area contributed by atoms with E-state index >= 15 is 0 Å². The van der Waals surface area contributed by atoms with E-state index in [9.17, 15) is 4.79 Å². The van der Waals surface area contributed by atoms with E-state index in [1.165, 1.54) is 12.8 Å². The van der Waals surface area contributed by atoms with Gasteiger partial charge in [-0.1, -0.05) is 18.2 Å². The average Bonchev–Trinajstić information content (AvgIpc) is 3.35. The second-order valence-corrected chi connectivity index (χ2v) is 9.28. The molecule has 1 saturated heterocycles. The number of aromatic amines is 1. The molecule has 0 spiro atoms. The van der Waals surface area contributed by atoms with Crippen molar-refractivity contribution in [1.82, 2.24) is 30.1 Å². The monoisotopic (exact) mass is 490 g/mol. The minimum absolute atomic E-state index is 0.264. The lowest BCUT2D eigenvalue weighted by Crippen LogP contribution is -2.39. The van der Waals surface area contributed by atoms with Crippen LogP contribution in [-0.2, 0) is 4.74 Å². The zero-order valence-electron chi connectivity index (χ0n) is 20.3. The first-order valence-corrected chi connectivity index (χ1v) is 12.5. The van der Waals surface area contributed by atoms with E-state index in [1.807, 2.05) is 29.2 Å². The van der Waals surface area contributed by atoms with Gasteiger partial charge in [0, 0.05) is 25.6 Å². The summed E-state index contributed by atoms with van der Waals surface area (Å²) in [6.45, 7) is 5.22. The molecule has 1 fully saturated rings. The van der Waals surface area contributed by atoms with Gasteiger partial charge in [0.2, 0.25) is 11.5 Å². The molecule has 2 aliphatic heterocycles. The molecule has 3 N–H and O–H groups in total. The van der Waals surface area contributed by atoms with Gasteiger partial charge in [0.15, 0.2) is 11.4 Å². The number of para-hydroxylation sites is 1. The highest BCUT2D eigenvalue weighted by molar-refractivity contribution is 5.91. The molecule has 0 bridgehead atoms. The van der Waals surface area contributed by atoms with Crippen molar-refractivity contribution in [1.29, 1.82) is 0 Å². The summed E-state index contributed by atoms with van der Waals surface area (Å²) in [5, 5.41) is 19.7. The molecule has 0 radical (unpaired) electrons. The fraction of sp³-hybridized carbons (Fsp3) is 0.440. The quantitative estimate of drug-likeness (QED) is 0.356. The topological polar surface area (TPSA) is 122 Å². The average molecular weight is 491 g/mol. The van der Waals surface area contributed by atoms with Crippen molar-refractivity contribution >= 4 is 27.9 Å². The van der Waals surface area contributed by atoms with E-state index in [-0.39, 0.29) is 5.56 Å². The predicted octanol–water partition coefficient (Wildman–Crippen LogP) is 1.89. The Balaban J connectivity index is 1.37. The molecular weight excluding hydrogens is 460 g/mol. The number of anilines is 2. The maximum atomic E-state index is 13.1. The molecule has 0 saturated carbocycles. The standard InChI is InChI=1S/C25H30N8O3/c1-35-13-11-32-12-14-36-22-21(32)25(34)31-33-23(29-30-24(22)33)19-6-5-17-3-2-4-18(20(17)28-19)27-15-16-7-9-26-10-8-16/h2-6,16,26-27H,7-15H2,1H3,(H,31,34). The van der Waals surface area contributed by atoms with Gasteiger partial charge in [0.1, 0.15) is 12.3 Å². The van der Waals surface area contributed by atoms with Gasteiger partial charge in [-0.3, -0.25) is 9.89 Å². The number of fused-ring (bicyclic) bond motifs is 4. The minimum atomic E-state index is -0.264. The van der Waals surface area contributed by atoms with Crippen LogP contribution in [0, 0.1) is 5.92 Å². The lowest BCUT2D eigenvalue weighted by atomic mass is 9.98. The number of hydrogen-bond acceptors (Lipinski definition) is 9. The molecule has 4 aromatic rings. The number of aromatic nitrogens is 5. The van der Waals surface area contributed by atoms with Gasteiger partial charge in [-0.2, -0.15) is 0 Å². The Morgan fingerprint density at radius 3 is 2.94 bits per heavy atom. The van der Waals surface area contributed by atoms with Gasteiger partial charge in [0.05, 0.1) is 24.4 Å². The second kappa shape index (κ2) is 9.75. The van der Waals surface area contributed by atoms with Crippen molar-refractivity contribution in [3.05, 3.63) is 40.7 Å². The molecular formula is C25H30N8O3. The van der Waals surface area contributed by atoms with Crippen molar-refractivity contribution in [2.75, 3.05) is 63.3 Å². The fourth-order valence-corrected chi connectivity index (χ4v) is 5.04. The molecule has 36 heavy (non-hydrogen) atoms. The van der Waals surface area contributed by atoms with E-state index in [0.717, 1.165) is 36.2 Å². The molecule has 1 aromatic carbocycles. The van der Waals surface area contributed by atoms with Crippen LogP contribution in [-0.4, -0.2) is 77.8 Å². The number of nitrogens with one attached hydrogen (secondary N) is 3. The lowest BCUT2D eigenvalue weighted by molar-refractivity contribution is 0.201. The van der Waals surface area contributed by atoms with E-state index in [4.69, 9.17) is 14.5 Å². The van der Waals surface area contributed by atoms with Crippen molar-refractivity contribution < 1.29 is 9.47 Å². The first-order chi connectivity index (χ1) is 17.7. The van der Waals surface area contributed by atoms with Crippen molar-refractivity contribution in [2.45, 2.75) is 12.8 Å². The van der Waals surface area contributed by atoms with Gasteiger partial charge in [-0.05, 0) is 44.0 Å². The smallest absolute Gasteiger partial charge is 0.290 e. The van der Waals surface area contributed by atoms with Crippen LogP contribution in [0.3, 0.4) is 0 Å². The Hall–Kier alpha value is -3.70. The Labute approximate surface area is 207 Å². The van der Waals surface area contributed by atoms with Crippen LogP contribution < -0.4 is 25.8 Å². The number of piperidine rings is 1. The third-order valence-electron chi connectivity index (χ3n) is 6.99. The maximum Gasteiger partial charge on any atom is 0.290 e. The van der Waals surface area contributed by atoms with E-state index in [2.05, 4.69) is 32.0 Å². The molecule has 0 amide bonds. The summed E-state index contributed by atoms with van der Waals surface area (Å²) < 4.78 is 12.7. The van der Waals surface area contributed by atoms with Gasteiger partial charge >= 0.3 is 0 Å². The number of nitrogens with zero attached hydrogens (tertiary/aromatic N) is 5. The van der Waals surface area contributed by atoms with Crippen molar-refractivity contribution in [2.24, 2.45) is 5.92 Å². The highest BCUT2D eigenvalue weighted by Gasteiger charge is 2.27. The van der Waals surface area contributed by atoms with E-state index in [0.29, 0.717) is 60.8 Å². The van der Waals surface area contributed by atoms with Crippen molar-refractivity contribution in [3.8, 4) is 17.3 Å². The van der Waals surface area contributed by atoms with Crippen LogP contribution in [0.1, 0.15) is 12.8 Å². The van der Waals surface area contributed by atoms with Gasteiger partial charge in [0.25, 0.3) is 5.56 Å². The summed E-state index contributed by atoms with van der Waals surface area (Å²) in [4.78, 5) is 20.0. The Bertz CT molecular complexity index is 1440. The zero-order chi connectivity index (χ0) is 24.5. The Morgan fingerprint density at radius 1 is 1.19 bits per heavy atom. The van der Waals surface area contributed by atoms with E-state index in [1.54, 1.807) is 11.6 Å². The third-order valence-corrected chi connectivity index (χ3v) is 6.99. The molecule has 188 valence electrons. The number of pyridine rings is 1. The van der Waals surface area contributed by atoms with Crippen LogP contribution in [0.5, 0.6) is 5.75 Å². The molecule has 3 aromatic heterocycles. The molecule has 11 heteroatoms. The maximum absolute atomic E-state index is 13.1. The highest BCUT2D eigenvalue weighted by Crippen LogP contribution is 2.33. The summed E-state index contributed by atoms with van der Waals surface area (Å²) in [5.74, 6) is 1.53. The van der Waals surface area contributed by atoms with Crippen LogP contribution in [0.2, 0.25) is 0 Å². The largest absolute Gasteiger partial charge is 0.486 e. The number of H-pyrrole nitrogens is 1. The number of rotatable bonds is 7. The summed E-state index contributed by atoms with van der Waals surface area (Å²) in [6.07, 6.45) is 2.34. The molecule has 6 rings (SSSR count). The van der Waals surface area contributed by atoms with E-state index < -0.39 is 0 Å². The predicted molar refractivity (Wildman–Crippen MR) is 138 cm³/mol. The number of ether oxygens (including phenoxy) is 2. The molecule has 2 aliphatic rings. The van der Waals surface area contributed by atoms with Gasteiger partial charge in [-0.15, -0.1) is 10.2 Å². The molecule has 0 aliphatic carbocycles. The number of benzene rings is 1. The summed E-state index contributed by atoms with van der Waals surface area (Å²) in [5.41, 5.74) is 3.13. The SMILES string of the molecule is COCCN1CCOc2c1c(=O)[nH]n1c(-c3ccc4cccc(NCC5CCNCC5)c4n3)nnc21. The fourth-order valence-electron chi connectivity index (χ4n) is 5.04. The van der Waals surface area contributed by atoms with Crippen LogP contribution in [0.15, 0.2) is 35.1 Å². The molecule has 11 nitrogen and oxygen atoms in total. The van der Waals surface area contributed by atoms with Crippen molar-refractivity contribution in [3.63, 3.8) is 0 Å². The molecule has 5 heterocycles. The first-order valence-electron chi connectivity index (χ1n) is 12.5. The Morgan fingerprint density at radius 2 is 2.08 bits per heavy atom. The zero-order valence-corrected chi connectivity index (χ0v) is 20.3. The Kier molecular flexibility index (Phi) is 6.16. The van der Waals surface area contributed by atoms with Crippen LogP contribution in [0.25, 0.3) is 28.1 Å². The summed E-state index contributed by atoms with van der Waals surface area (Å²) in [7, 11) is 1.64. The highest BCUT2D eigenvalue weighted by atomic mass is 16.5. The van der Waals surface area contributed by atoms with Crippen LogP contribution in [0.4, 0.5) is 11.4 Å².